The van der Waals surface area contributed by atoms with Crippen molar-refractivity contribution in [2.75, 3.05) is 6.61 Å². The standard InChI is InChI=1S/C11H12ClFO2/c12-10-5-8(13)1-2-11(10)15-6-7-3-9(14)4-7/h1-2,5,7,9,14H,3-4,6H2/t7-,9+. The van der Waals surface area contributed by atoms with Gasteiger partial charge in [-0.15, -0.1) is 0 Å². The van der Waals surface area contributed by atoms with Gasteiger partial charge in [0, 0.05) is 0 Å². The van der Waals surface area contributed by atoms with Crippen LogP contribution in [0.4, 0.5) is 4.39 Å². The number of ether oxygens (including phenoxy) is 1. The van der Waals surface area contributed by atoms with Crippen LogP contribution in [0, 0.1) is 11.7 Å². The molecule has 0 amide bonds. The number of hydrogen-bond acceptors (Lipinski definition) is 2. The Labute approximate surface area is 92.6 Å². The maximum Gasteiger partial charge on any atom is 0.138 e. The summed E-state index contributed by atoms with van der Waals surface area (Å²) in [5.41, 5.74) is 0. The fourth-order valence-electron chi connectivity index (χ4n) is 1.64. The predicted octanol–water partition coefficient (Wildman–Crippen LogP) is 2.63. The van der Waals surface area contributed by atoms with Gasteiger partial charge >= 0.3 is 0 Å². The minimum absolute atomic E-state index is 0.178. The lowest BCUT2D eigenvalue weighted by Crippen LogP contribution is -2.32. The van der Waals surface area contributed by atoms with Gasteiger partial charge in [0.25, 0.3) is 0 Å². The van der Waals surface area contributed by atoms with E-state index < -0.39 is 0 Å². The van der Waals surface area contributed by atoms with Gasteiger partial charge in [-0.05, 0) is 37.0 Å². The highest BCUT2D eigenvalue weighted by molar-refractivity contribution is 6.32. The fraction of sp³-hybridized carbons (Fsp3) is 0.455. The second-order valence-corrected chi connectivity index (χ2v) is 4.28. The Hall–Kier alpha value is -0.800. The number of halogens is 2. The van der Waals surface area contributed by atoms with E-state index in [1.54, 1.807) is 0 Å². The summed E-state index contributed by atoms with van der Waals surface area (Å²) in [5, 5.41) is 9.36. The van der Waals surface area contributed by atoms with Crippen LogP contribution in [-0.4, -0.2) is 17.8 Å². The van der Waals surface area contributed by atoms with Crippen molar-refractivity contribution in [3.05, 3.63) is 29.0 Å². The molecule has 0 bridgehead atoms. The third-order valence-electron chi connectivity index (χ3n) is 2.58. The molecule has 15 heavy (non-hydrogen) atoms. The molecule has 0 aromatic heterocycles. The van der Waals surface area contributed by atoms with Crippen molar-refractivity contribution in [2.24, 2.45) is 5.92 Å². The van der Waals surface area contributed by atoms with E-state index in [1.807, 2.05) is 0 Å². The van der Waals surface area contributed by atoms with Crippen molar-refractivity contribution in [2.45, 2.75) is 18.9 Å². The first kappa shape index (κ1) is 10.7. The van der Waals surface area contributed by atoms with Crippen LogP contribution in [0.25, 0.3) is 0 Å². The molecule has 4 heteroatoms. The summed E-state index contributed by atoms with van der Waals surface area (Å²) in [4.78, 5) is 0. The Morgan fingerprint density at radius 3 is 2.80 bits per heavy atom. The Balaban J connectivity index is 1.88. The van der Waals surface area contributed by atoms with Crippen molar-refractivity contribution < 1.29 is 14.2 Å². The van der Waals surface area contributed by atoms with Crippen molar-refractivity contribution in [3.63, 3.8) is 0 Å². The van der Waals surface area contributed by atoms with Crippen LogP contribution in [0.2, 0.25) is 5.02 Å². The second kappa shape index (κ2) is 4.37. The smallest absolute Gasteiger partial charge is 0.138 e. The quantitative estimate of drug-likeness (QED) is 0.865. The minimum Gasteiger partial charge on any atom is -0.492 e. The predicted molar refractivity (Wildman–Crippen MR) is 55.6 cm³/mol. The molecule has 2 rings (SSSR count). The van der Waals surface area contributed by atoms with E-state index in [1.165, 1.54) is 18.2 Å². The SMILES string of the molecule is O[C@H]1C[C@@H](COc2ccc(F)cc2Cl)C1. The summed E-state index contributed by atoms with van der Waals surface area (Å²) in [6, 6.07) is 4.07. The zero-order valence-electron chi connectivity index (χ0n) is 8.12. The topological polar surface area (TPSA) is 29.5 Å². The Kier molecular flexibility index (Phi) is 3.12. The van der Waals surface area contributed by atoms with Gasteiger partial charge in [-0.1, -0.05) is 11.6 Å². The van der Waals surface area contributed by atoms with Crippen molar-refractivity contribution in [1.82, 2.24) is 0 Å². The average Bonchev–Trinajstić information content (AvgIpc) is 2.13. The number of aliphatic hydroxyl groups is 1. The maximum atomic E-state index is 12.7. The van der Waals surface area contributed by atoms with Crippen LogP contribution in [0.15, 0.2) is 18.2 Å². The first-order valence-electron chi connectivity index (χ1n) is 4.91. The van der Waals surface area contributed by atoms with Crippen LogP contribution in [0.5, 0.6) is 5.75 Å². The molecule has 1 aromatic carbocycles. The summed E-state index contributed by atoms with van der Waals surface area (Å²) in [7, 11) is 0. The molecule has 2 nitrogen and oxygen atoms in total. The molecule has 1 aliphatic rings. The zero-order chi connectivity index (χ0) is 10.8. The van der Waals surface area contributed by atoms with Gasteiger partial charge in [0.2, 0.25) is 0 Å². The van der Waals surface area contributed by atoms with Gasteiger partial charge < -0.3 is 9.84 Å². The molecule has 1 fully saturated rings. The van der Waals surface area contributed by atoms with E-state index >= 15 is 0 Å². The lowest BCUT2D eigenvalue weighted by Gasteiger charge is -2.31. The van der Waals surface area contributed by atoms with Gasteiger partial charge in [-0.25, -0.2) is 4.39 Å². The molecule has 0 atom stereocenters. The van der Waals surface area contributed by atoms with Gasteiger partial charge in [-0.3, -0.25) is 0 Å². The highest BCUT2D eigenvalue weighted by Crippen LogP contribution is 2.30. The molecule has 1 saturated carbocycles. The van der Waals surface area contributed by atoms with E-state index in [2.05, 4.69) is 0 Å². The molecule has 0 saturated heterocycles. The fourth-order valence-corrected chi connectivity index (χ4v) is 1.86. The van der Waals surface area contributed by atoms with Crippen LogP contribution in [0.3, 0.4) is 0 Å². The Bertz CT molecular complexity index is 350. The second-order valence-electron chi connectivity index (χ2n) is 3.88. The molecule has 1 N–H and O–H groups in total. The minimum atomic E-state index is -0.369. The van der Waals surface area contributed by atoms with E-state index in [0.29, 0.717) is 18.3 Å². The zero-order valence-corrected chi connectivity index (χ0v) is 8.88. The van der Waals surface area contributed by atoms with Crippen LogP contribution >= 0.6 is 11.6 Å². The molecule has 0 heterocycles. The van der Waals surface area contributed by atoms with E-state index in [4.69, 9.17) is 21.4 Å². The van der Waals surface area contributed by atoms with E-state index in [9.17, 15) is 4.39 Å². The van der Waals surface area contributed by atoms with Crippen LogP contribution in [-0.2, 0) is 0 Å². The monoisotopic (exact) mass is 230 g/mol. The van der Waals surface area contributed by atoms with Gasteiger partial charge in [0.1, 0.15) is 11.6 Å². The third-order valence-corrected chi connectivity index (χ3v) is 2.87. The van der Waals surface area contributed by atoms with Gasteiger partial charge in [0.15, 0.2) is 0 Å². The number of aliphatic hydroxyl groups excluding tert-OH is 1. The number of rotatable bonds is 3. The molecular weight excluding hydrogens is 219 g/mol. The molecule has 0 radical (unpaired) electrons. The highest BCUT2D eigenvalue weighted by atomic mass is 35.5. The molecule has 0 spiro atoms. The van der Waals surface area contributed by atoms with E-state index in [-0.39, 0.29) is 16.9 Å². The van der Waals surface area contributed by atoms with Gasteiger partial charge in [0.05, 0.1) is 17.7 Å². The van der Waals surface area contributed by atoms with Crippen molar-refractivity contribution in [3.8, 4) is 5.75 Å². The molecule has 0 unspecified atom stereocenters. The molecular formula is C11H12ClFO2. The Morgan fingerprint density at radius 1 is 1.47 bits per heavy atom. The van der Waals surface area contributed by atoms with Crippen LogP contribution in [0.1, 0.15) is 12.8 Å². The highest BCUT2D eigenvalue weighted by Gasteiger charge is 2.27. The van der Waals surface area contributed by atoms with Gasteiger partial charge in [-0.2, -0.15) is 0 Å². The lowest BCUT2D eigenvalue weighted by atomic mass is 9.83. The molecule has 1 aliphatic carbocycles. The van der Waals surface area contributed by atoms with Crippen LogP contribution < -0.4 is 4.74 Å². The third kappa shape index (κ3) is 2.61. The van der Waals surface area contributed by atoms with E-state index in [0.717, 1.165) is 12.8 Å². The number of hydrogen-bond donors (Lipinski definition) is 1. The normalized spacial score (nSPS) is 24.7. The molecule has 0 aliphatic heterocycles. The summed E-state index contributed by atoms with van der Waals surface area (Å²) >= 11 is 5.79. The number of benzene rings is 1. The first-order chi connectivity index (χ1) is 7.15. The lowest BCUT2D eigenvalue weighted by molar-refractivity contribution is 0.0203. The summed E-state index contributed by atoms with van der Waals surface area (Å²) in [5.74, 6) is 0.520. The summed E-state index contributed by atoms with van der Waals surface area (Å²) in [6.45, 7) is 0.530. The summed E-state index contributed by atoms with van der Waals surface area (Å²) in [6.07, 6.45) is 1.37. The van der Waals surface area contributed by atoms with Crippen molar-refractivity contribution in [1.29, 1.82) is 0 Å². The first-order valence-corrected chi connectivity index (χ1v) is 5.29. The Morgan fingerprint density at radius 2 is 2.20 bits per heavy atom. The molecule has 82 valence electrons. The summed E-state index contributed by atoms with van der Waals surface area (Å²) < 4.78 is 18.1. The average molecular weight is 231 g/mol. The molecule has 1 aromatic rings. The maximum absolute atomic E-state index is 12.7. The van der Waals surface area contributed by atoms with Crippen molar-refractivity contribution >= 4 is 11.6 Å². The largest absolute Gasteiger partial charge is 0.492 e.